The molecular weight excluding hydrogens is 308 g/mol. The lowest BCUT2D eigenvalue weighted by Gasteiger charge is -2.10. The van der Waals surface area contributed by atoms with Gasteiger partial charge in [0.2, 0.25) is 0 Å². The van der Waals surface area contributed by atoms with Crippen molar-refractivity contribution in [1.82, 2.24) is 0 Å². The van der Waals surface area contributed by atoms with E-state index in [1.807, 2.05) is 36.4 Å². The molecule has 2 aromatic carbocycles. The number of ether oxygens (including phenoxy) is 1. The summed E-state index contributed by atoms with van der Waals surface area (Å²) in [7, 11) is 0. The van der Waals surface area contributed by atoms with Gasteiger partial charge in [-0.3, -0.25) is 0 Å². The predicted molar refractivity (Wildman–Crippen MR) is 95.4 cm³/mol. The molecule has 2 aromatic rings. The fraction of sp³-hybridized carbons (Fsp3) is 0.300. The third-order valence-electron chi connectivity index (χ3n) is 3.57. The molecule has 0 fully saturated rings. The lowest BCUT2D eigenvalue weighted by atomic mass is 10.1. The zero-order chi connectivity index (χ0) is 16.5. The van der Waals surface area contributed by atoms with Crippen LogP contribution in [0.3, 0.4) is 0 Å². The van der Waals surface area contributed by atoms with Crippen molar-refractivity contribution in [1.29, 1.82) is 0 Å². The largest absolute Gasteiger partial charge is 0.388 e. The quantitative estimate of drug-likeness (QED) is 0.676. The van der Waals surface area contributed by atoms with Gasteiger partial charge in [0.1, 0.15) is 0 Å². The predicted octanol–water partition coefficient (Wildman–Crippen LogP) is 5.17. The van der Waals surface area contributed by atoms with Crippen LogP contribution in [0, 0.1) is 5.92 Å². The van der Waals surface area contributed by atoms with E-state index in [-0.39, 0.29) is 0 Å². The lowest BCUT2D eigenvalue weighted by molar-refractivity contribution is 0.104. The Morgan fingerprint density at radius 3 is 2.48 bits per heavy atom. The summed E-state index contributed by atoms with van der Waals surface area (Å²) in [5.41, 5.74) is 2.06. The van der Waals surface area contributed by atoms with Gasteiger partial charge in [-0.05, 0) is 35.6 Å². The van der Waals surface area contributed by atoms with Gasteiger partial charge in [-0.15, -0.1) is 0 Å². The second kappa shape index (κ2) is 9.51. The van der Waals surface area contributed by atoms with Crippen LogP contribution in [0.15, 0.2) is 66.7 Å². The molecule has 1 N–H and O–H groups in total. The number of aliphatic hydroxyl groups is 1. The van der Waals surface area contributed by atoms with Crippen LogP contribution in [0.25, 0.3) is 0 Å². The van der Waals surface area contributed by atoms with Gasteiger partial charge in [0.25, 0.3) is 0 Å². The van der Waals surface area contributed by atoms with Crippen molar-refractivity contribution < 1.29 is 9.84 Å². The van der Waals surface area contributed by atoms with Crippen molar-refractivity contribution in [3.05, 3.63) is 82.9 Å². The first kappa shape index (κ1) is 17.7. The maximum Gasteiger partial charge on any atom is 0.0824 e. The summed E-state index contributed by atoms with van der Waals surface area (Å²) >= 11 is 5.85. The minimum absolute atomic E-state index is 0.316. The number of rotatable bonds is 8. The van der Waals surface area contributed by atoms with E-state index in [1.54, 1.807) is 12.1 Å². The third kappa shape index (κ3) is 6.57. The minimum Gasteiger partial charge on any atom is -0.388 e. The lowest BCUT2D eigenvalue weighted by Crippen LogP contribution is -2.03. The Morgan fingerprint density at radius 1 is 1.09 bits per heavy atom. The third-order valence-corrected chi connectivity index (χ3v) is 3.82. The molecule has 0 saturated heterocycles. The first-order valence-corrected chi connectivity index (χ1v) is 8.25. The second-order valence-electron chi connectivity index (χ2n) is 5.71. The van der Waals surface area contributed by atoms with Crippen molar-refractivity contribution in [2.24, 2.45) is 5.92 Å². The molecule has 2 rings (SSSR count). The number of halogens is 1. The summed E-state index contributed by atoms with van der Waals surface area (Å²) in [6, 6.07) is 17.4. The highest BCUT2D eigenvalue weighted by atomic mass is 35.5. The topological polar surface area (TPSA) is 29.5 Å². The van der Waals surface area contributed by atoms with E-state index in [0.29, 0.717) is 30.6 Å². The fourth-order valence-corrected chi connectivity index (χ4v) is 2.38. The van der Waals surface area contributed by atoms with Crippen LogP contribution >= 0.6 is 11.6 Å². The Balaban J connectivity index is 1.69. The van der Waals surface area contributed by atoms with E-state index in [2.05, 4.69) is 25.1 Å². The molecule has 3 heteroatoms. The molecule has 0 aliphatic carbocycles. The zero-order valence-electron chi connectivity index (χ0n) is 13.4. The molecule has 0 spiro atoms. The van der Waals surface area contributed by atoms with Crippen molar-refractivity contribution >= 4 is 11.6 Å². The van der Waals surface area contributed by atoms with Crippen LogP contribution in [0.1, 0.15) is 30.6 Å². The molecule has 122 valence electrons. The fourth-order valence-electron chi connectivity index (χ4n) is 2.25. The minimum atomic E-state index is -0.499. The SMILES string of the molecule is C[C@H](/C=C\C[C@@H](O)c1ccc(Cl)cc1)COCc1ccccc1. The van der Waals surface area contributed by atoms with Crippen LogP contribution in [0.4, 0.5) is 0 Å². The Morgan fingerprint density at radius 2 is 1.78 bits per heavy atom. The van der Waals surface area contributed by atoms with Gasteiger partial charge in [0.15, 0.2) is 0 Å². The first-order valence-electron chi connectivity index (χ1n) is 7.87. The van der Waals surface area contributed by atoms with Gasteiger partial charge in [0, 0.05) is 5.02 Å². The van der Waals surface area contributed by atoms with Gasteiger partial charge < -0.3 is 9.84 Å². The normalized spacial score (nSPS) is 14.0. The first-order chi connectivity index (χ1) is 11.1. The monoisotopic (exact) mass is 330 g/mol. The van der Waals surface area contributed by atoms with Gasteiger partial charge >= 0.3 is 0 Å². The molecular formula is C20H23ClO2. The molecule has 0 aliphatic rings. The van der Waals surface area contributed by atoms with E-state index >= 15 is 0 Å². The molecule has 2 atom stereocenters. The molecule has 0 aliphatic heterocycles. The van der Waals surface area contributed by atoms with E-state index in [4.69, 9.17) is 16.3 Å². The Labute approximate surface area is 143 Å². The highest BCUT2D eigenvalue weighted by molar-refractivity contribution is 6.30. The second-order valence-corrected chi connectivity index (χ2v) is 6.15. The van der Waals surface area contributed by atoms with Crippen LogP contribution < -0.4 is 0 Å². The summed E-state index contributed by atoms with van der Waals surface area (Å²) in [5.74, 6) is 0.316. The molecule has 0 unspecified atom stereocenters. The average molecular weight is 331 g/mol. The van der Waals surface area contributed by atoms with Gasteiger partial charge in [-0.1, -0.05) is 73.1 Å². The molecule has 0 bridgehead atoms. The van der Waals surface area contributed by atoms with Crippen molar-refractivity contribution in [3.8, 4) is 0 Å². The molecule has 2 nitrogen and oxygen atoms in total. The Hall–Kier alpha value is -1.61. The standard InChI is InChI=1S/C20H23ClO2/c1-16(14-23-15-17-7-3-2-4-8-17)6-5-9-20(22)18-10-12-19(21)13-11-18/h2-8,10-13,16,20,22H,9,14-15H2,1H3/b6-5-/t16-,20-/m1/s1. The Bertz CT molecular complexity index is 593. The van der Waals surface area contributed by atoms with Crippen LogP contribution in [-0.2, 0) is 11.3 Å². The van der Waals surface area contributed by atoms with Crippen LogP contribution in [0.2, 0.25) is 5.02 Å². The van der Waals surface area contributed by atoms with Gasteiger partial charge in [-0.2, -0.15) is 0 Å². The highest BCUT2D eigenvalue weighted by Gasteiger charge is 2.05. The van der Waals surface area contributed by atoms with Gasteiger partial charge in [0.05, 0.1) is 19.3 Å². The summed E-state index contributed by atoms with van der Waals surface area (Å²) in [6.45, 7) is 3.41. The summed E-state index contributed by atoms with van der Waals surface area (Å²) < 4.78 is 5.71. The number of benzene rings is 2. The molecule has 23 heavy (non-hydrogen) atoms. The van der Waals surface area contributed by atoms with E-state index in [1.165, 1.54) is 5.56 Å². The van der Waals surface area contributed by atoms with Gasteiger partial charge in [-0.25, -0.2) is 0 Å². The molecule has 0 radical (unpaired) electrons. The molecule has 0 heterocycles. The molecule has 0 amide bonds. The average Bonchev–Trinajstić information content (AvgIpc) is 2.56. The summed E-state index contributed by atoms with van der Waals surface area (Å²) in [5, 5.41) is 10.8. The molecule has 0 aromatic heterocycles. The van der Waals surface area contributed by atoms with Crippen LogP contribution in [-0.4, -0.2) is 11.7 Å². The van der Waals surface area contributed by atoms with Crippen molar-refractivity contribution in [3.63, 3.8) is 0 Å². The molecule has 0 saturated carbocycles. The van der Waals surface area contributed by atoms with Crippen LogP contribution in [0.5, 0.6) is 0 Å². The smallest absolute Gasteiger partial charge is 0.0824 e. The number of hydrogen-bond acceptors (Lipinski definition) is 2. The van der Waals surface area contributed by atoms with E-state index in [9.17, 15) is 5.11 Å². The maximum atomic E-state index is 10.1. The van der Waals surface area contributed by atoms with E-state index < -0.39 is 6.10 Å². The van der Waals surface area contributed by atoms with E-state index in [0.717, 1.165) is 5.56 Å². The summed E-state index contributed by atoms with van der Waals surface area (Å²) in [4.78, 5) is 0. The Kier molecular flexibility index (Phi) is 7.34. The number of aliphatic hydroxyl groups excluding tert-OH is 1. The highest BCUT2D eigenvalue weighted by Crippen LogP contribution is 2.19. The maximum absolute atomic E-state index is 10.1. The van der Waals surface area contributed by atoms with Crippen molar-refractivity contribution in [2.45, 2.75) is 26.1 Å². The zero-order valence-corrected chi connectivity index (χ0v) is 14.1. The summed E-state index contributed by atoms with van der Waals surface area (Å²) in [6.07, 6.45) is 4.19. The number of hydrogen-bond donors (Lipinski definition) is 1. The van der Waals surface area contributed by atoms with Crippen molar-refractivity contribution in [2.75, 3.05) is 6.61 Å².